The maximum absolute atomic E-state index is 12.9. The first-order valence-electron chi connectivity index (χ1n) is 9.01. The largest absolute Gasteiger partial charge is 0.325 e. The molecule has 142 valence electrons. The van der Waals surface area contributed by atoms with Crippen LogP contribution in [0.5, 0.6) is 0 Å². The number of nitriles is 1. The van der Waals surface area contributed by atoms with Gasteiger partial charge in [0.15, 0.2) is 5.16 Å². The molecule has 28 heavy (non-hydrogen) atoms. The number of thiophene rings is 1. The van der Waals surface area contributed by atoms with Crippen molar-refractivity contribution in [3.63, 3.8) is 0 Å². The van der Waals surface area contributed by atoms with E-state index in [1.165, 1.54) is 26.8 Å². The number of nitrogens with zero attached hydrogens (tertiary/aromatic N) is 3. The highest BCUT2D eigenvalue weighted by molar-refractivity contribution is 7.99. The van der Waals surface area contributed by atoms with Gasteiger partial charge in [-0.2, -0.15) is 5.26 Å². The molecule has 3 aromatic rings. The van der Waals surface area contributed by atoms with Crippen molar-refractivity contribution in [2.24, 2.45) is 7.05 Å². The van der Waals surface area contributed by atoms with Gasteiger partial charge in [0.1, 0.15) is 4.83 Å². The second-order valence-corrected chi connectivity index (χ2v) is 8.71. The lowest BCUT2D eigenvalue weighted by atomic mass is 9.97. The number of benzene rings is 1. The van der Waals surface area contributed by atoms with E-state index >= 15 is 0 Å². The van der Waals surface area contributed by atoms with Crippen molar-refractivity contribution < 1.29 is 4.79 Å². The summed E-state index contributed by atoms with van der Waals surface area (Å²) in [5.41, 5.74) is 2.20. The highest BCUT2D eigenvalue weighted by atomic mass is 32.2. The minimum Gasteiger partial charge on any atom is -0.325 e. The quantitative estimate of drug-likeness (QED) is 0.526. The number of hydrogen-bond acceptors (Lipinski definition) is 6. The third kappa shape index (κ3) is 3.55. The van der Waals surface area contributed by atoms with E-state index in [1.54, 1.807) is 42.6 Å². The lowest BCUT2D eigenvalue weighted by Crippen LogP contribution is -2.22. The molecule has 1 aliphatic carbocycles. The second kappa shape index (κ2) is 7.78. The number of carbonyl (C=O) groups is 1. The van der Waals surface area contributed by atoms with Gasteiger partial charge in [0.2, 0.25) is 5.91 Å². The van der Waals surface area contributed by atoms with Gasteiger partial charge in [-0.25, -0.2) is 4.98 Å². The van der Waals surface area contributed by atoms with Gasteiger partial charge in [0.05, 0.1) is 22.8 Å². The average Bonchev–Trinajstić information content (AvgIpc) is 3.08. The van der Waals surface area contributed by atoms with Crippen LogP contribution in [0, 0.1) is 11.3 Å². The number of rotatable bonds is 4. The molecule has 1 N–H and O–H groups in total. The molecule has 0 spiro atoms. The number of thioether (sulfide) groups is 1. The fourth-order valence-corrected chi connectivity index (χ4v) is 5.46. The Morgan fingerprint density at radius 2 is 2.21 bits per heavy atom. The van der Waals surface area contributed by atoms with Gasteiger partial charge in [-0.15, -0.1) is 11.3 Å². The Hall–Kier alpha value is -2.63. The first-order chi connectivity index (χ1) is 13.6. The van der Waals surface area contributed by atoms with Crippen LogP contribution in [0.4, 0.5) is 5.69 Å². The summed E-state index contributed by atoms with van der Waals surface area (Å²) in [7, 11) is 1.71. The summed E-state index contributed by atoms with van der Waals surface area (Å²) in [6, 6.07) is 8.81. The number of nitrogens with one attached hydrogen (secondary N) is 1. The summed E-state index contributed by atoms with van der Waals surface area (Å²) in [6.45, 7) is 0. The molecule has 0 radical (unpaired) electrons. The first kappa shape index (κ1) is 18.7. The summed E-state index contributed by atoms with van der Waals surface area (Å²) >= 11 is 2.85. The van der Waals surface area contributed by atoms with Gasteiger partial charge in [0.25, 0.3) is 5.56 Å². The molecule has 2 aromatic heterocycles. The van der Waals surface area contributed by atoms with Crippen LogP contribution in [0.2, 0.25) is 0 Å². The van der Waals surface area contributed by atoms with E-state index < -0.39 is 0 Å². The molecule has 0 bridgehead atoms. The van der Waals surface area contributed by atoms with Gasteiger partial charge in [0, 0.05) is 17.6 Å². The Bertz CT molecular complexity index is 1170. The predicted molar refractivity (Wildman–Crippen MR) is 112 cm³/mol. The molecule has 6 nitrogen and oxygen atoms in total. The van der Waals surface area contributed by atoms with Gasteiger partial charge in [-0.1, -0.05) is 17.8 Å². The highest BCUT2D eigenvalue weighted by Gasteiger charge is 2.21. The summed E-state index contributed by atoms with van der Waals surface area (Å²) < 4.78 is 1.54. The van der Waals surface area contributed by atoms with Crippen molar-refractivity contribution >= 4 is 44.9 Å². The first-order valence-corrected chi connectivity index (χ1v) is 10.8. The highest BCUT2D eigenvalue weighted by Crippen LogP contribution is 2.34. The predicted octanol–water partition coefficient (Wildman–Crippen LogP) is 3.48. The summed E-state index contributed by atoms with van der Waals surface area (Å²) in [5.74, 6) is -0.0758. The number of hydrogen-bond donors (Lipinski definition) is 1. The standard InChI is InChI=1S/C20H18N4O2S2/c1-24-19(26)17-14-7-2-3-8-15(14)28-18(17)23-20(24)27-11-16(25)22-13-6-4-5-12(9-13)10-21/h4-6,9H,2-3,7-8,11H2,1H3,(H,22,25). The average molecular weight is 411 g/mol. The van der Waals surface area contributed by atoms with Gasteiger partial charge in [-0.05, 0) is 49.4 Å². The lowest BCUT2D eigenvalue weighted by Gasteiger charge is -2.11. The zero-order chi connectivity index (χ0) is 19.7. The van der Waals surface area contributed by atoms with E-state index in [0.717, 1.165) is 35.9 Å². The third-order valence-electron chi connectivity index (χ3n) is 4.76. The minimum atomic E-state index is -0.208. The van der Waals surface area contributed by atoms with Crippen molar-refractivity contribution in [1.82, 2.24) is 9.55 Å². The molecule has 0 fully saturated rings. The van der Waals surface area contributed by atoms with Crippen LogP contribution in [-0.2, 0) is 24.7 Å². The van der Waals surface area contributed by atoms with Crippen molar-refractivity contribution in [1.29, 1.82) is 5.26 Å². The fourth-order valence-electron chi connectivity index (χ4n) is 3.39. The molecule has 2 heterocycles. The monoisotopic (exact) mass is 410 g/mol. The molecule has 0 saturated carbocycles. The smallest absolute Gasteiger partial charge is 0.262 e. The Morgan fingerprint density at radius 3 is 3.04 bits per heavy atom. The number of aromatic nitrogens is 2. The Morgan fingerprint density at radius 1 is 1.39 bits per heavy atom. The molecule has 0 atom stereocenters. The van der Waals surface area contributed by atoms with Gasteiger partial charge >= 0.3 is 0 Å². The summed E-state index contributed by atoms with van der Waals surface area (Å²) in [4.78, 5) is 31.9. The SMILES string of the molecule is Cn1c(SCC(=O)Nc2cccc(C#N)c2)nc2sc3c(c2c1=O)CCCC3. The van der Waals surface area contributed by atoms with Crippen LogP contribution in [0.15, 0.2) is 34.2 Å². The van der Waals surface area contributed by atoms with Crippen molar-refractivity contribution in [2.75, 3.05) is 11.1 Å². The second-order valence-electron chi connectivity index (χ2n) is 6.68. The van der Waals surface area contributed by atoms with E-state index in [-0.39, 0.29) is 17.2 Å². The van der Waals surface area contributed by atoms with Crippen molar-refractivity contribution in [3.8, 4) is 6.07 Å². The molecular weight excluding hydrogens is 392 g/mol. The Labute approximate surface area is 170 Å². The van der Waals surface area contributed by atoms with Crippen LogP contribution in [-0.4, -0.2) is 21.2 Å². The van der Waals surface area contributed by atoms with Gasteiger partial charge in [-0.3, -0.25) is 14.2 Å². The van der Waals surface area contributed by atoms with E-state index in [4.69, 9.17) is 5.26 Å². The molecular formula is C20H18N4O2S2. The molecule has 8 heteroatoms. The van der Waals surface area contributed by atoms with E-state index in [1.807, 2.05) is 6.07 Å². The number of carbonyl (C=O) groups excluding carboxylic acids is 1. The molecule has 0 unspecified atom stereocenters. The molecule has 1 aliphatic rings. The van der Waals surface area contributed by atoms with E-state index in [0.29, 0.717) is 16.4 Å². The molecule has 1 amide bonds. The van der Waals surface area contributed by atoms with Crippen LogP contribution < -0.4 is 10.9 Å². The Balaban J connectivity index is 1.53. The zero-order valence-corrected chi connectivity index (χ0v) is 17.0. The van der Waals surface area contributed by atoms with Crippen molar-refractivity contribution in [3.05, 3.63) is 50.6 Å². The fraction of sp³-hybridized carbons (Fsp3) is 0.300. The summed E-state index contributed by atoms with van der Waals surface area (Å²) in [6.07, 6.45) is 4.25. The lowest BCUT2D eigenvalue weighted by molar-refractivity contribution is -0.113. The van der Waals surface area contributed by atoms with Gasteiger partial charge < -0.3 is 5.32 Å². The topological polar surface area (TPSA) is 87.8 Å². The van der Waals surface area contributed by atoms with Crippen LogP contribution in [0.3, 0.4) is 0 Å². The van der Waals surface area contributed by atoms with Crippen LogP contribution in [0.25, 0.3) is 10.2 Å². The van der Waals surface area contributed by atoms with Crippen LogP contribution >= 0.6 is 23.1 Å². The normalized spacial score (nSPS) is 13.1. The van der Waals surface area contributed by atoms with Crippen LogP contribution in [0.1, 0.15) is 28.8 Å². The molecule has 1 aromatic carbocycles. The summed E-state index contributed by atoms with van der Waals surface area (Å²) in [5, 5.41) is 13.0. The van der Waals surface area contributed by atoms with E-state index in [2.05, 4.69) is 10.3 Å². The van der Waals surface area contributed by atoms with E-state index in [9.17, 15) is 9.59 Å². The number of fused-ring (bicyclic) bond motifs is 3. The zero-order valence-electron chi connectivity index (χ0n) is 15.3. The Kier molecular flexibility index (Phi) is 5.20. The minimum absolute atomic E-state index is 0.0333. The maximum atomic E-state index is 12.9. The van der Waals surface area contributed by atoms with Crippen molar-refractivity contribution in [2.45, 2.75) is 30.8 Å². The number of amides is 1. The maximum Gasteiger partial charge on any atom is 0.262 e. The molecule has 0 aliphatic heterocycles. The molecule has 4 rings (SSSR count). The number of anilines is 1. The number of aryl methyl sites for hydroxylation is 2. The molecule has 0 saturated heterocycles. The third-order valence-corrected chi connectivity index (χ3v) is 6.98.